The largest absolute Gasteiger partial charge is 0.467 e. The van der Waals surface area contributed by atoms with E-state index in [4.69, 9.17) is 9.15 Å². The molecule has 0 unspecified atom stereocenters. The van der Waals surface area contributed by atoms with E-state index in [-0.39, 0.29) is 18.4 Å². The minimum Gasteiger partial charge on any atom is -0.467 e. The van der Waals surface area contributed by atoms with Crippen LogP contribution in [-0.2, 0) is 20.9 Å². The Kier molecular flexibility index (Phi) is 4.90. The standard InChI is InChI=1S/C19H22N2O4/c1-13-6-8-14(9-7-13)17-18(25-12-16(22)21(17)3)19(23)20(2)11-15-5-4-10-24-15/h4-10,17-18H,11-12H2,1-3H3/t17-,18-/m0/s1. The van der Waals surface area contributed by atoms with Gasteiger partial charge < -0.3 is 19.0 Å². The highest BCUT2D eigenvalue weighted by molar-refractivity contribution is 5.86. The third-order valence-electron chi connectivity index (χ3n) is 4.50. The Bertz CT molecular complexity index is 739. The Morgan fingerprint density at radius 3 is 2.64 bits per heavy atom. The summed E-state index contributed by atoms with van der Waals surface area (Å²) < 4.78 is 11.0. The molecule has 3 rings (SSSR count). The van der Waals surface area contributed by atoms with Gasteiger partial charge in [-0.15, -0.1) is 0 Å². The van der Waals surface area contributed by atoms with Crippen LogP contribution in [0, 0.1) is 6.92 Å². The van der Waals surface area contributed by atoms with E-state index in [1.54, 1.807) is 36.2 Å². The van der Waals surface area contributed by atoms with E-state index in [0.717, 1.165) is 11.1 Å². The lowest BCUT2D eigenvalue weighted by Gasteiger charge is -2.39. The molecule has 0 N–H and O–H groups in total. The predicted octanol–water partition coefficient (Wildman–Crippen LogP) is 2.14. The fraction of sp³-hybridized carbons (Fsp3) is 0.368. The van der Waals surface area contributed by atoms with E-state index in [1.807, 2.05) is 37.3 Å². The number of ether oxygens (including phenoxy) is 1. The monoisotopic (exact) mass is 342 g/mol. The average molecular weight is 342 g/mol. The number of hydrogen-bond acceptors (Lipinski definition) is 4. The Balaban J connectivity index is 1.84. The molecule has 6 heteroatoms. The predicted molar refractivity (Wildman–Crippen MR) is 91.6 cm³/mol. The van der Waals surface area contributed by atoms with Crippen molar-refractivity contribution in [3.05, 3.63) is 59.5 Å². The maximum atomic E-state index is 12.9. The number of morpholine rings is 1. The summed E-state index contributed by atoms with van der Waals surface area (Å²) in [4.78, 5) is 28.2. The second-order valence-electron chi connectivity index (χ2n) is 6.37. The summed E-state index contributed by atoms with van der Waals surface area (Å²) in [5.41, 5.74) is 2.00. The summed E-state index contributed by atoms with van der Waals surface area (Å²) in [5, 5.41) is 0. The summed E-state index contributed by atoms with van der Waals surface area (Å²) in [6.45, 7) is 2.25. The van der Waals surface area contributed by atoms with Crippen molar-refractivity contribution in [3.8, 4) is 0 Å². The molecule has 2 heterocycles. The molecular formula is C19H22N2O4. The lowest BCUT2D eigenvalue weighted by molar-refractivity contribution is -0.167. The van der Waals surface area contributed by atoms with Crippen LogP contribution in [0.4, 0.5) is 0 Å². The molecule has 2 atom stereocenters. The van der Waals surface area contributed by atoms with Crippen molar-refractivity contribution < 1.29 is 18.7 Å². The fourth-order valence-corrected chi connectivity index (χ4v) is 3.01. The van der Waals surface area contributed by atoms with Gasteiger partial charge in [-0.2, -0.15) is 0 Å². The number of aryl methyl sites for hydroxylation is 1. The van der Waals surface area contributed by atoms with E-state index in [9.17, 15) is 9.59 Å². The number of carbonyl (C=O) groups excluding carboxylic acids is 2. The minimum absolute atomic E-state index is 0.0934. The number of furan rings is 1. The molecule has 0 bridgehead atoms. The summed E-state index contributed by atoms with van der Waals surface area (Å²) in [6, 6.07) is 11.0. The first-order chi connectivity index (χ1) is 12.0. The molecular weight excluding hydrogens is 320 g/mol. The maximum absolute atomic E-state index is 12.9. The van der Waals surface area contributed by atoms with Crippen molar-refractivity contribution in [1.82, 2.24) is 9.80 Å². The summed E-state index contributed by atoms with van der Waals surface area (Å²) in [7, 11) is 3.42. The number of amides is 2. The molecule has 25 heavy (non-hydrogen) atoms. The highest BCUT2D eigenvalue weighted by Crippen LogP contribution is 2.30. The molecule has 0 spiro atoms. The molecule has 2 amide bonds. The van der Waals surface area contributed by atoms with Crippen molar-refractivity contribution in [3.63, 3.8) is 0 Å². The van der Waals surface area contributed by atoms with E-state index in [1.165, 1.54) is 0 Å². The Labute approximate surface area is 147 Å². The van der Waals surface area contributed by atoms with Crippen LogP contribution in [0.5, 0.6) is 0 Å². The van der Waals surface area contributed by atoms with Gasteiger partial charge in [0, 0.05) is 14.1 Å². The first-order valence-corrected chi connectivity index (χ1v) is 8.18. The molecule has 1 aliphatic rings. The lowest BCUT2D eigenvalue weighted by atomic mass is 9.96. The van der Waals surface area contributed by atoms with Crippen molar-refractivity contribution in [2.45, 2.75) is 25.6 Å². The molecule has 2 aromatic rings. The number of likely N-dealkylation sites (N-methyl/N-ethyl adjacent to an activating group) is 2. The molecule has 1 aliphatic heterocycles. The zero-order valence-corrected chi connectivity index (χ0v) is 14.6. The van der Waals surface area contributed by atoms with E-state index >= 15 is 0 Å². The molecule has 1 saturated heterocycles. The second kappa shape index (κ2) is 7.11. The van der Waals surface area contributed by atoms with Gasteiger partial charge in [-0.1, -0.05) is 29.8 Å². The van der Waals surface area contributed by atoms with Gasteiger partial charge in [-0.05, 0) is 24.6 Å². The van der Waals surface area contributed by atoms with Crippen LogP contribution >= 0.6 is 0 Å². The van der Waals surface area contributed by atoms with Crippen molar-refractivity contribution in [1.29, 1.82) is 0 Å². The summed E-state index contributed by atoms with van der Waals surface area (Å²) in [6.07, 6.45) is 0.831. The summed E-state index contributed by atoms with van der Waals surface area (Å²) in [5.74, 6) is 0.382. The minimum atomic E-state index is -0.745. The van der Waals surface area contributed by atoms with Gasteiger partial charge in [0.2, 0.25) is 5.91 Å². The third-order valence-corrected chi connectivity index (χ3v) is 4.50. The van der Waals surface area contributed by atoms with Crippen LogP contribution < -0.4 is 0 Å². The van der Waals surface area contributed by atoms with Gasteiger partial charge in [-0.3, -0.25) is 9.59 Å². The highest BCUT2D eigenvalue weighted by Gasteiger charge is 2.41. The average Bonchev–Trinajstić information content (AvgIpc) is 3.10. The molecule has 0 radical (unpaired) electrons. The molecule has 132 valence electrons. The van der Waals surface area contributed by atoms with Crippen LogP contribution in [0.25, 0.3) is 0 Å². The number of nitrogens with zero attached hydrogens (tertiary/aromatic N) is 2. The second-order valence-corrected chi connectivity index (χ2v) is 6.37. The van der Waals surface area contributed by atoms with Gasteiger partial charge >= 0.3 is 0 Å². The van der Waals surface area contributed by atoms with E-state index in [2.05, 4.69) is 0 Å². The quantitative estimate of drug-likeness (QED) is 0.854. The van der Waals surface area contributed by atoms with Gasteiger partial charge in [-0.25, -0.2) is 0 Å². The van der Waals surface area contributed by atoms with Crippen LogP contribution in [0.3, 0.4) is 0 Å². The van der Waals surface area contributed by atoms with Crippen LogP contribution in [0.2, 0.25) is 0 Å². The van der Waals surface area contributed by atoms with Crippen molar-refractivity contribution in [2.75, 3.05) is 20.7 Å². The Hall–Kier alpha value is -2.60. The van der Waals surface area contributed by atoms with Crippen molar-refractivity contribution in [2.24, 2.45) is 0 Å². The third kappa shape index (κ3) is 3.58. The maximum Gasteiger partial charge on any atom is 0.254 e. The molecule has 0 saturated carbocycles. The summed E-state index contributed by atoms with van der Waals surface area (Å²) >= 11 is 0. The topological polar surface area (TPSA) is 63.0 Å². The van der Waals surface area contributed by atoms with Gasteiger partial charge in [0.1, 0.15) is 12.4 Å². The SMILES string of the molecule is Cc1ccc([C@H]2[C@@H](C(=O)N(C)Cc3ccco3)OCC(=O)N2C)cc1. The van der Waals surface area contributed by atoms with Crippen molar-refractivity contribution >= 4 is 11.8 Å². The first-order valence-electron chi connectivity index (χ1n) is 8.18. The number of benzene rings is 1. The van der Waals surface area contributed by atoms with Crippen LogP contribution in [0.1, 0.15) is 22.9 Å². The zero-order valence-electron chi connectivity index (χ0n) is 14.6. The molecule has 0 aliphatic carbocycles. The van der Waals surface area contributed by atoms with E-state index < -0.39 is 12.1 Å². The molecule has 1 aromatic heterocycles. The van der Waals surface area contributed by atoms with Gasteiger partial charge in [0.25, 0.3) is 5.91 Å². The number of hydrogen-bond donors (Lipinski definition) is 0. The molecule has 1 fully saturated rings. The lowest BCUT2D eigenvalue weighted by Crippen LogP contribution is -2.53. The first kappa shape index (κ1) is 17.2. The van der Waals surface area contributed by atoms with Gasteiger partial charge in [0.05, 0.1) is 18.8 Å². The van der Waals surface area contributed by atoms with Crippen LogP contribution in [0.15, 0.2) is 47.1 Å². The normalized spacial score (nSPS) is 20.6. The van der Waals surface area contributed by atoms with Gasteiger partial charge in [0.15, 0.2) is 6.10 Å². The smallest absolute Gasteiger partial charge is 0.254 e. The Morgan fingerprint density at radius 1 is 1.28 bits per heavy atom. The highest BCUT2D eigenvalue weighted by atomic mass is 16.5. The molecule has 1 aromatic carbocycles. The Morgan fingerprint density at radius 2 is 2.00 bits per heavy atom. The zero-order chi connectivity index (χ0) is 18.0. The molecule has 6 nitrogen and oxygen atoms in total. The number of carbonyl (C=O) groups is 2. The van der Waals surface area contributed by atoms with E-state index in [0.29, 0.717) is 12.3 Å². The fourth-order valence-electron chi connectivity index (χ4n) is 3.01. The number of rotatable bonds is 4. The van der Waals surface area contributed by atoms with Crippen LogP contribution in [-0.4, -0.2) is 48.4 Å².